The number of benzene rings is 6. The molecule has 278 valence electrons. The molecule has 0 saturated carbocycles. The number of para-hydroxylation sites is 6. The van der Waals surface area contributed by atoms with Crippen LogP contribution >= 0.6 is 17.2 Å². The second kappa shape index (κ2) is 26.2. The minimum absolute atomic E-state index is 0. The van der Waals surface area contributed by atoms with E-state index in [0.717, 1.165) is 0 Å². The van der Waals surface area contributed by atoms with Crippen LogP contribution < -0.4 is 45.8 Å². The van der Waals surface area contributed by atoms with E-state index in [1.807, 2.05) is 182 Å². The molecule has 0 aliphatic rings. The van der Waals surface area contributed by atoms with E-state index in [4.69, 9.17) is 45.8 Å². The van der Waals surface area contributed by atoms with Gasteiger partial charge in [0.05, 0.1) is 0 Å². The van der Waals surface area contributed by atoms with Gasteiger partial charge in [-0.05, 0) is 72.8 Å². The molecule has 0 fully saturated rings. The van der Waals surface area contributed by atoms with Crippen LogP contribution in [-0.4, -0.2) is 0 Å². The molecule has 0 amide bonds. The molecule has 0 saturated heterocycles. The molecule has 0 aliphatic carbocycles. The summed E-state index contributed by atoms with van der Waals surface area (Å²) >= 11 is 0. The molecule has 0 bridgehead atoms. The maximum atomic E-state index is 8.49. The molecule has 0 aromatic heterocycles. The Labute approximate surface area is 328 Å². The van der Waals surface area contributed by atoms with Gasteiger partial charge in [0.15, 0.2) is 0 Å². The number of rotatable bonds is 12. The van der Waals surface area contributed by atoms with E-state index in [0.29, 0.717) is 34.5 Å². The van der Waals surface area contributed by atoms with Crippen molar-refractivity contribution in [1.29, 1.82) is 0 Å². The Balaban J connectivity index is 0.000000301. The van der Waals surface area contributed by atoms with Gasteiger partial charge >= 0.3 is 37.6 Å². The number of hydrogen-bond acceptors (Lipinski definition) is 10. The molecule has 0 spiro atoms. The molecule has 0 atom stereocenters. The Morgan fingerprint density at radius 1 is 0.377 bits per heavy atom. The van der Waals surface area contributed by atoms with E-state index < -0.39 is 27.4 Å². The van der Waals surface area contributed by atoms with Crippen molar-refractivity contribution in [2.24, 2.45) is 0 Å². The third-order valence-corrected chi connectivity index (χ3v) is 7.70. The number of hydrogen-bond donors (Lipinski definition) is 0. The Hall–Kier alpha value is -4.62. The summed E-state index contributed by atoms with van der Waals surface area (Å²) in [6.45, 7) is 6.50. The van der Waals surface area contributed by atoms with Gasteiger partial charge in [-0.2, -0.15) is 0 Å². The van der Waals surface area contributed by atoms with Gasteiger partial charge in [-0.3, -0.25) is 0 Å². The van der Waals surface area contributed by atoms with E-state index in [-0.39, 0.29) is 20.4 Å². The van der Waals surface area contributed by atoms with Crippen LogP contribution in [0.2, 0.25) is 0 Å². The summed E-state index contributed by atoms with van der Waals surface area (Å²) in [6.07, 6.45) is 1.50. The number of allylic oxidation sites excluding steroid dienone is 1. The third-order valence-electron chi connectivity index (χ3n) is 5.54. The molecule has 0 heterocycles. The maximum absolute atomic E-state index is 8.49. The predicted molar refractivity (Wildman–Crippen MR) is 192 cm³/mol. The summed E-state index contributed by atoms with van der Waals surface area (Å²) < 4.78 is 69.0. The van der Waals surface area contributed by atoms with Gasteiger partial charge in [-0.1, -0.05) is 109 Å². The van der Waals surface area contributed by atoms with Crippen molar-refractivity contribution in [3.8, 4) is 34.5 Å². The largest absolute Gasteiger partial charge is 2.00 e. The average Bonchev–Trinajstić information content (AvgIpc) is 3.14. The first-order valence-corrected chi connectivity index (χ1v) is 18.6. The van der Waals surface area contributed by atoms with Crippen molar-refractivity contribution in [2.75, 3.05) is 0 Å². The van der Waals surface area contributed by atoms with E-state index in [1.54, 1.807) is 0 Å². The summed E-state index contributed by atoms with van der Waals surface area (Å²) in [5, 5.41) is 0. The second-order valence-electron chi connectivity index (χ2n) is 9.54. The first-order valence-electron chi connectivity index (χ1n) is 15.2. The van der Waals surface area contributed by atoms with Crippen LogP contribution in [0.4, 0.5) is 0 Å². The fraction of sp³-hybridized carbons (Fsp3) is 0. The number of halogens is 1. The molecule has 6 aromatic carbocycles. The van der Waals surface area contributed by atoms with Crippen LogP contribution in [0.5, 0.6) is 34.5 Å². The Morgan fingerprint density at radius 3 is 0.604 bits per heavy atom. The van der Waals surface area contributed by atoms with Gasteiger partial charge in [-0.15, -0.1) is 10.2 Å². The van der Waals surface area contributed by atoms with E-state index in [9.17, 15) is 0 Å². The van der Waals surface area contributed by atoms with Crippen molar-refractivity contribution in [2.45, 2.75) is 0 Å². The summed E-state index contributed by atoms with van der Waals surface area (Å²) in [5.41, 5.74) is 0. The molecule has 0 N–H and O–H groups in total. The van der Waals surface area contributed by atoms with E-state index in [1.165, 1.54) is 6.08 Å². The zero-order valence-corrected chi connectivity index (χ0v) is 32.1. The summed E-state index contributed by atoms with van der Waals surface area (Å²) in [7, 11) is -8.12. The van der Waals surface area contributed by atoms with Crippen LogP contribution in [0.25, 0.3) is 0 Å². The first kappa shape index (κ1) is 44.5. The van der Waals surface area contributed by atoms with Gasteiger partial charge in [0.2, 0.25) is 0 Å². The molecule has 0 unspecified atom stereocenters. The van der Waals surface area contributed by atoms with Gasteiger partial charge in [0.1, 0.15) is 34.5 Å². The van der Waals surface area contributed by atoms with Crippen molar-refractivity contribution in [1.82, 2.24) is 0 Å². The SMILES string of the molecule is C=C[CH2-].[O-][Cl+3]([O-])([O-])[O-].[Pd+2].c1ccc(OP(Oc2ccccc2)Oc2ccccc2)cc1.c1ccc(OP(Oc2ccccc2)Oc2ccccc2)cc1. The molecular formula is C39H35ClO10P2Pd. The minimum atomic E-state index is -4.94. The van der Waals surface area contributed by atoms with Gasteiger partial charge in [0, 0.05) is 0 Å². The van der Waals surface area contributed by atoms with Gasteiger partial charge in [-0.25, -0.2) is 38.2 Å². The summed E-state index contributed by atoms with van der Waals surface area (Å²) in [4.78, 5) is 0. The van der Waals surface area contributed by atoms with Crippen LogP contribution in [0.3, 0.4) is 0 Å². The van der Waals surface area contributed by atoms with Crippen molar-refractivity contribution < 1.29 is 76.4 Å². The van der Waals surface area contributed by atoms with Gasteiger partial charge in [0.25, 0.3) is 0 Å². The van der Waals surface area contributed by atoms with Crippen molar-refractivity contribution >= 4 is 17.2 Å². The molecule has 10 nitrogen and oxygen atoms in total. The Morgan fingerprint density at radius 2 is 0.491 bits per heavy atom. The zero-order valence-electron chi connectivity index (χ0n) is 28.0. The first-order chi connectivity index (χ1) is 25.2. The topological polar surface area (TPSA) is 148 Å². The molecular weight excluding hydrogens is 832 g/mol. The minimum Gasteiger partial charge on any atom is -0.409 e. The molecule has 53 heavy (non-hydrogen) atoms. The monoisotopic (exact) mass is 866 g/mol. The summed E-state index contributed by atoms with van der Waals surface area (Å²) in [5.74, 6) is 4.25. The van der Waals surface area contributed by atoms with Crippen LogP contribution in [0, 0.1) is 17.2 Å². The molecule has 0 aliphatic heterocycles. The third kappa shape index (κ3) is 21.5. The van der Waals surface area contributed by atoms with Crippen molar-refractivity contribution in [3.63, 3.8) is 0 Å². The quantitative estimate of drug-likeness (QED) is 0.0706. The zero-order chi connectivity index (χ0) is 37.3. The fourth-order valence-electron chi connectivity index (χ4n) is 3.52. The van der Waals surface area contributed by atoms with E-state index >= 15 is 0 Å². The fourth-order valence-corrected chi connectivity index (χ4v) is 5.50. The Kier molecular flexibility index (Phi) is 22.0. The van der Waals surface area contributed by atoms with Crippen LogP contribution in [0.1, 0.15) is 0 Å². The Bertz CT molecular complexity index is 1440. The molecule has 6 aromatic rings. The smallest absolute Gasteiger partial charge is 0.409 e. The average molecular weight is 868 g/mol. The molecule has 14 heteroatoms. The predicted octanol–water partition coefficient (Wildman–Crippen LogP) is 7.15. The van der Waals surface area contributed by atoms with Crippen molar-refractivity contribution in [3.05, 3.63) is 202 Å². The van der Waals surface area contributed by atoms with Crippen LogP contribution in [-0.2, 0) is 20.4 Å². The van der Waals surface area contributed by atoms with Crippen LogP contribution in [0.15, 0.2) is 195 Å². The maximum Gasteiger partial charge on any atom is 2.00 e. The normalized spacial score (nSPS) is 9.85. The van der Waals surface area contributed by atoms with Gasteiger partial charge < -0.3 is 27.1 Å². The molecule has 0 radical (unpaired) electrons. The summed E-state index contributed by atoms with van der Waals surface area (Å²) in [6, 6.07) is 57.0. The molecule has 6 rings (SSSR count). The standard InChI is InChI=1S/2C18H15O3P.C3H5.ClHO4.Pd/c2*1-4-10-16(11-5-1)19-22(20-17-12-6-2-7-13-17)21-18-14-8-3-9-15-18;1-3-2;2-1(3,4)5;/h2*1-15H;3H,1-2H2;(H,2,3,4,5);/q;;-1;;+2/p-1. The second-order valence-corrected chi connectivity index (χ2v) is 12.3. The van der Waals surface area contributed by atoms with E-state index in [2.05, 4.69) is 13.5 Å².